The van der Waals surface area contributed by atoms with Crippen molar-refractivity contribution in [2.45, 2.75) is 51.7 Å². The van der Waals surface area contributed by atoms with Gasteiger partial charge in [-0.2, -0.15) is 5.10 Å². The van der Waals surface area contributed by atoms with Gasteiger partial charge in [0.2, 0.25) is 0 Å². The van der Waals surface area contributed by atoms with E-state index < -0.39 is 5.60 Å². The fraction of sp³-hybridized carbons (Fsp3) is 0.321. The van der Waals surface area contributed by atoms with Gasteiger partial charge in [0.05, 0.1) is 16.6 Å². The normalized spacial score (nSPS) is 15.9. The van der Waals surface area contributed by atoms with Gasteiger partial charge in [-0.05, 0) is 82.0 Å². The molecule has 1 unspecified atom stereocenters. The van der Waals surface area contributed by atoms with Gasteiger partial charge in [0, 0.05) is 24.3 Å². The summed E-state index contributed by atoms with van der Waals surface area (Å²) >= 11 is 0. The number of anilines is 1. The number of aromatic amines is 1. The number of likely N-dealkylation sites (tertiary alicyclic amines) is 1. The third-order valence-electron chi connectivity index (χ3n) is 6.27. The second-order valence-electron chi connectivity index (χ2n) is 10.1. The molecule has 1 aliphatic rings. The van der Waals surface area contributed by atoms with Crippen molar-refractivity contribution in [2.75, 3.05) is 12.3 Å². The number of amides is 1. The quantitative estimate of drug-likeness (QED) is 0.362. The summed E-state index contributed by atoms with van der Waals surface area (Å²) < 4.78 is 11.5. The maximum atomic E-state index is 12.7. The van der Waals surface area contributed by atoms with Crippen LogP contribution in [0, 0.1) is 0 Å². The van der Waals surface area contributed by atoms with E-state index in [4.69, 9.17) is 20.2 Å². The van der Waals surface area contributed by atoms with Gasteiger partial charge in [0.25, 0.3) is 0 Å². The number of para-hydroxylation sites is 1. The van der Waals surface area contributed by atoms with Crippen LogP contribution in [0.2, 0.25) is 0 Å². The average Bonchev–Trinajstić information content (AvgIpc) is 3.47. The van der Waals surface area contributed by atoms with Crippen LogP contribution < -0.4 is 10.5 Å². The molecule has 8 nitrogen and oxygen atoms in total. The first-order chi connectivity index (χ1) is 17.3. The first kappa shape index (κ1) is 23.7. The molecular weight excluding hydrogens is 454 g/mol. The fourth-order valence-electron chi connectivity index (χ4n) is 4.64. The van der Waals surface area contributed by atoms with E-state index in [9.17, 15) is 4.79 Å². The highest BCUT2D eigenvalue weighted by molar-refractivity contribution is 6.01. The number of nitrogens with one attached hydrogen (secondary N) is 1. The van der Waals surface area contributed by atoms with E-state index in [1.54, 1.807) is 0 Å². The Balaban J connectivity index is 1.39. The highest BCUT2D eigenvalue weighted by Gasteiger charge is 2.33. The van der Waals surface area contributed by atoms with Crippen LogP contribution >= 0.6 is 0 Å². The van der Waals surface area contributed by atoms with Crippen molar-refractivity contribution in [1.29, 1.82) is 0 Å². The van der Waals surface area contributed by atoms with Gasteiger partial charge in [0.1, 0.15) is 17.1 Å². The zero-order chi connectivity index (χ0) is 25.3. The summed E-state index contributed by atoms with van der Waals surface area (Å²) in [5.74, 6) is 1.91. The van der Waals surface area contributed by atoms with Crippen molar-refractivity contribution < 1.29 is 14.3 Å². The fourth-order valence-corrected chi connectivity index (χ4v) is 4.64. The molecule has 0 bridgehead atoms. The molecule has 2 aromatic heterocycles. The predicted molar refractivity (Wildman–Crippen MR) is 140 cm³/mol. The number of nitrogen functional groups attached to an aromatic ring is 1. The SMILES string of the molecule is CC(C)(C)OC(=O)N1CCCC1Cc1cnc(-c2ccc(Oc3ccccc3)cc2)c2c(N)n[nH]c12. The molecule has 3 heterocycles. The Hall–Kier alpha value is -4.07. The molecule has 0 saturated carbocycles. The van der Waals surface area contributed by atoms with Crippen LogP contribution in [-0.2, 0) is 11.2 Å². The lowest BCUT2D eigenvalue weighted by Crippen LogP contribution is -2.40. The number of carbonyl (C=O) groups is 1. The van der Waals surface area contributed by atoms with E-state index in [-0.39, 0.29) is 12.1 Å². The standard InChI is InChI=1S/C28H31N5O3/c1-28(2,3)36-27(34)33-15-7-8-20(33)16-19-17-30-24(23-25(19)31-32-26(23)29)18-11-13-22(14-12-18)35-21-9-5-4-6-10-21/h4-6,9-14,17,20H,7-8,15-16H2,1-3H3,(H3,29,31,32). The maximum Gasteiger partial charge on any atom is 0.410 e. The largest absolute Gasteiger partial charge is 0.457 e. The van der Waals surface area contributed by atoms with Gasteiger partial charge in [-0.25, -0.2) is 4.79 Å². The Labute approximate surface area is 210 Å². The minimum atomic E-state index is -0.528. The zero-order valence-electron chi connectivity index (χ0n) is 20.8. The number of nitrogens with zero attached hydrogens (tertiary/aromatic N) is 3. The van der Waals surface area contributed by atoms with E-state index in [2.05, 4.69) is 10.2 Å². The summed E-state index contributed by atoms with van der Waals surface area (Å²) in [6.45, 7) is 6.35. The van der Waals surface area contributed by atoms with Crippen LogP contribution in [0.25, 0.3) is 22.2 Å². The molecule has 1 atom stereocenters. The van der Waals surface area contributed by atoms with E-state index in [0.717, 1.165) is 52.1 Å². The molecule has 5 rings (SSSR count). The lowest BCUT2D eigenvalue weighted by atomic mass is 10.0. The van der Waals surface area contributed by atoms with Crippen molar-refractivity contribution in [3.05, 3.63) is 66.4 Å². The molecule has 0 aliphatic carbocycles. The van der Waals surface area contributed by atoms with Gasteiger partial charge in [-0.3, -0.25) is 10.1 Å². The number of pyridine rings is 1. The third-order valence-corrected chi connectivity index (χ3v) is 6.27. The number of fused-ring (bicyclic) bond motifs is 1. The molecule has 1 aliphatic heterocycles. The Morgan fingerprint density at radius 3 is 2.56 bits per heavy atom. The second kappa shape index (κ2) is 9.53. The van der Waals surface area contributed by atoms with Crippen molar-refractivity contribution in [1.82, 2.24) is 20.1 Å². The lowest BCUT2D eigenvalue weighted by Gasteiger charge is -2.28. The summed E-state index contributed by atoms with van der Waals surface area (Å²) in [6, 6.07) is 17.5. The van der Waals surface area contributed by atoms with E-state index in [1.165, 1.54) is 0 Å². The van der Waals surface area contributed by atoms with E-state index in [0.29, 0.717) is 18.8 Å². The molecule has 2 aromatic carbocycles. The molecule has 1 amide bonds. The smallest absolute Gasteiger partial charge is 0.410 e. The molecule has 36 heavy (non-hydrogen) atoms. The first-order valence-corrected chi connectivity index (χ1v) is 12.2. The number of benzene rings is 2. The van der Waals surface area contributed by atoms with Crippen molar-refractivity contribution in [2.24, 2.45) is 0 Å². The van der Waals surface area contributed by atoms with Gasteiger partial charge >= 0.3 is 6.09 Å². The highest BCUT2D eigenvalue weighted by atomic mass is 16.6. The second-order valence-corrected chi connectivity index (χ2v) is 10.1. The van der Waals surface area contributed by atoms with E-state index >= 15 is 0 Å². The lowest BCUT2D eigenvalue weighted by molar-refractivity contribution is 0.0227. The Kier molecular flexibility index (Phi) is 6.26. The number of H-pyrrole nitrogens is 1. The van der Waals surface area contributed by atoms with Gasteiger partial charge in [0.15, 0.2) is 5.82 Å². The number of nitrogens with two attached hydrogens (primary N) is 1. The summed E-state index contributed by atoms with van der Waals surface area (Å²) in [4.78, 5) is 19.4. The van der Waals surface area contributed by atoms with Crippen molar-refractivity contribution >= 4 is 22.8 Å². The molecule has 3 N–H and O–H groups in total. The molecule has 8 heteroatoms. The first-order valence-electron chi connectivity index (χ1n) is 12.2. The molecule has 0 spiro atoms. The van der Waals surface area contributed by atoms with Crippen LogP contribution in [0.15, 0.2) is 60.8 Å². The molecule has 0 radical (unpaired) electrons. The third kappa shape index (κ3) is 4.98. The van der Waals surface area contributed by atoms with Gasteiger partial charge in [-0.15, -0.1) is 0 Å². The number of hydrogen-bond donors (Lipinski definition) is 2. The summed E-state index contributed by atoms with van der Waals surface area (Å²) in [6.07, 6.45) is 4.09. The number of rotatable bonds is 5. The summed E-state index contributed by atoms with van der Waals surface area (Å²) in [7, 11) is 0. The minimum absolute atomic E-state index is 0.0367. The number of ether oxygens (including phenoxy) is 2. The molecule has 186 valence electrons. The molecular formula is C28H31N5O3. The van der Waals surface area contributed by atoms with Crippen LogP contribution in [0.1, 0.15) is 39.2 Å². The maximum absolute atomic E-state index is 12.7. The van der Waals surface area contributed by atoms with Crippen LogP contribution in [-0.4, -0.2) is 44.4 Å². The van der Waals surface area contributed by atoms with Crippen molar-refractivity contribution in [3.63, 3.8) is 0 Å². The number of carbonyl (C=O) groups excluding carboxylic acids is 1. The van der Waals surface area contributed by atoms with Crippen molar-refractivity contribution in [3.8, 4) is 22.8 Å². The number of hydrogen-bond acceptors (Lipinski definition) is 6. The van der Waals surface area contributed by atoms with Crippen LogP contribution in [0.4, 0.5) is 10.6 Å². The average molecular weight is 486 g/mol. The Morgan fingerprint density at radius 1 is 1.11 bits per heavy atom. The summed E-state index contributed by atoms with van der Waals surface area (Å²) in [5.41, 5.74) is 9.23. The molecule has 1 fully saturated rings. The van der Waals surface area contributed by atoms with Gasteiger partial charge in [-0.1, -0.05) is 18.2 Å². The number of aromatic nitrogens is 3. The monoisotopic (exact) mass is 485 g/mol. The summed E-state index contributed by atoms with van der Waals surface area (Å²) in [5, 5.41) is 8.15. The highest BCUT2D eigenvalue weighted by Crippen LogP contribution is 2.34. The zero-order valence-corrected chi connectivity index (χ0v) is 20.8. The van der Waals surface area contributed by atoms with Crippen LogP contribution in [0.5, 0.6) is 11.5 Å². The topological polar surface area (TPSA) is 106 Å². The molecule has 4 aromatic rings. The predicted octanol–water partition coefficient (Wildman–Crippen LogP) is 5.94. The molecule has 1 saturated heterocycles. The van der Waals surface area contributed by atoms with Crippen LogP contribution in [0.3, 0.4) is 0 Å². The minimum Gasteiger partial charge on any atom is -0.457 e. The van der Waals surface area contributed by atoms with Gasteiger partial charge < -0.3 is 20.1 Å². The Morgan fingerprint density at radius 2 is 1.83 bits per heavy atom. The Bertz CT molecular complexity index is 1360. The van der Waals surface area contributed by atoms with E-state index in [1.807, 2.05) is 86.5 Å².